The lowest BCUT2D eigenvalue weighted by Gasteiger charge is -2.04. The Bertz CT molecular complexity index is 654. The van der Waals surface area contributed by atoms with Gasteiger partial charge in [0.05, 0.1) is 21.9 Å². The first kappa shape index (κ1) is 14.0. The van der Waals surface area contributed by atoms with Crippen LogP contribution in [0.15, 0.2) is 53.6 Å². The molecule has 102 valence electrons. The molecule has 0 heterocycles. The van der Waals surface area contributed by atoms with Crippen LogP contribution in [0, 0.1) is 10.1 Å². The molecule has 0 fully saturated rings. The molecule has 6 heteroatoms. The Morgan fingerprint density at radius 1 is 1.20 bits per heavy atom. The molecule has 2 aromatic carbocycles. The molecule has 0 saturated carbocycles. The Kier molecular flexibility index (Phi) is 4.32. The molecule has 2 aromatic rings. The molecule has 1 N–H and O–H groups in total. The first-order valence-electron chi connectivity index (χ1n) is 5.87. The number of nitrogens with one attached hydrogen (secondary N) is 1. The minimum Gasteiger partial charge on any atom is -0.278 e. The quantitative estimate of drug-likeness (QED) is 0.524. The number of para-hydroxylation sites is 1. The second kappa shape index (κ2) is 6.16. The van der Waals surface area contributed by atoms with Crippen molar-refractivity contribution in [3.8, 4) is 0 Å². The molecule has 5 nitrogen and oxygen atoms in total. The van der Waals surface area contributed by atoms with Crippen LogP contribution in [0.1, 0.15) is 12.5 Å². The van der Waals surface area contributed by atoms with Gasteiger partial charge in [-0.25, -0.2) is 0 Å². The summed E-state index contributed by atoms with van der Waals surface area (Å²) in [6, 6.07) is 13.5. The molecule has 0 saturated heterocycles. The standard InChI is InChI=1S/C14H12ClN3O2/c1-10(13-4-2-3-5-14(13)18(19)20)16-17-12-8-6-11(15)7-9-12/h2-9,17H,1H3/b16-10+. The van der Waals surface area contributed by atoms with Crippen molar-refractivity contribution < 1.29 is 4.92 Å². The number of halogens is 1. The van der Waals surface area contributed by atoms with Crippen molar-refractivity contribution in [2.45, 2.75) is 6.92 Å². The summed E-state index contributed by atoms with van der Waals surface area (Å²) < 4.78 is 0. The van der Waals surface area contributed by atoms with E-state index in [0.29, 0.717) is 16.3 Å². The number of hydrogen-bond acceptors (Lipinski definition) is 4. The predicted molar refractivity (Wildman–Crippen MR) is 80.4 cm³/mol. The monoisotopic (exact) mass is 289 g/mol. The second-order valence-electron chi connectivity index (χ2n) is 4.09. The highest BCUT2D eigenvalue weighted by Gasteiger charge is 2.14. The number of hydrazone groups is 1. The van der Waals surface area contributed by atoms with Gasteiger partial charge in [0.2, 0.25) is 0 Å². The Morgan fingerprint density at radius 2 is 1.85 bits per heavy atom. The van der Waals surface area contributed by atoms with Gasteiger partial charge in [-0.2, -0.15) is 5.10 Å². The van der Waals surface area contributed by atoms with Crippen LogP contribution < -0.4 is 5.43 Å². The molecule has 0 aliphatic heterocycles. The third-order valence-electron chi connectivity index (χ3n) is 2.69. The van der Waals surface area contributed by atoms with Gasteiger partial charge in [0, 0.05) is 11.1 Å². The van der Waals surface area contributed by atoms with Crippen molar-refractivity contribution >= 4 is 28.7 Å². The number of nitro groups is 1. The molecule has 0 aliphatic rings. The van der Waals surface area contributed by atoms with E-state index in [2.05, 4.69) is 10.5 Å². The molecule has 0 spiro atoms. The maximum atomic E-state index is 11.0. The van der Waals surface area contributed by atoms with Crippen molar-refractivity contribution in [3.05, 3.63) is 69.2 Å². The van der Waals surface area contributed by atoms with Gasteiger partial charge in [0.25, 0.3) is 5.69 Å². The second-order valence-corrected chi connectivity index (χ2v) is 4.53. The molecular formula is C14H12ClN3O2. The molecule has 0 unspecified atom stereocenters. The van der Waals surface area contributed by atoms with E-state index in [9.17, 15) is 10.1 Å². The minimum absolute atomic E-state index is 0.0339. The first-order chi connectivity index (χ1) is 9.58. The molecule has 0 atom stereocenters. The SMILES string of the molecule is C/C(=N\Nc1ccc(Cl)cc1)c1ccccc1[N+](=O)[O-]. The topological polar surface area (TPSA) is 67.5 Å². The first-order valence-corrected chi connectivity index (χ1v) is 6.25. The van der Waals surface area contributed by atoms with E-state index >= 15 is 0 Å². The molecular weight excluding hydrogens is 278 g/mol. The van der Waals surface area contributed by atoms with Gasteiger partial charge in [0.1, 0.15) is 0 Å². The third-order valence-corrected chi connectivity index (χ3v) is 2.94. The molecule has 0 amide bonds. The zero-order chi connectivity index (χ0) is 14.5. The van der Waals surface area contributed by atoms with Gasteiger partial charge in [-0.1, -0.05) is 23.7 Å². The van der Waals surface area contributed by atoms with E-state index in [4.69, 9.17) is 11.6 Å². The summed E-state index contributed by atoms with van der Waals surface area (Å²) >= 11 is 5.79. The van der Waals surface area contributed by atoms with Gasteiger partial charge >= 0.3 is 0 Å². The van der Waals surface area contributed by atoms with E-state index < -0.39 is 4.92 Å². The van der Waals surface area contributed by atoms with Crippen molar-refractivity contribution in [1.82, 2.24) is 0 Å². The molecule has 0 radical (unpaired) electrons. The highest BCUT2D eigenvalue weighted by atomic mass is 35.5. The zero-order valence-electron chi connectivity index (χ0n) is 10.7. The van der Waals surface area contributed by atoms with Crippen molar-refractivity contribution in [2.24, 2.45) is 5.10 Å². The van der Waals surface area contributed by atoms with Crippen LogP contribution in [0.3, 0.4) is 0 Å². The number of nitro benzene ring substituents is 1. The molecule has 0 aromatic heterocycles. The molecule has 0 aliphatic carbocycles. The fourth-order valence-corrected chi connectivity index (χ4v) is 1.80. The summed E-state index contributed by atoms with van der Waals surface area (Å²) in [6.07, 6.45) is 0. The Balaban J connectivity index is 2.22. The van der Waals surface area contributed by atoms with Gasteiger partial charge < -0.3 is 0 Å². The zero-order valence-corrected chi connectivity index (χ0v) is 11.5. The van der Waals surface area contributed by atoms with E-state index in [1.807, 2.05) is 0 Å². The number of hydrogen-bond donors (Lipinski definition) is 1. The van der Waals surface area contributed by atoms with Gasteiger partial charge in [-0.05, 0) is 37.3 Å². The van der Waals surface area contributed by atoms with Crippen LogP contribution in [0.4, 0.5) is 11.4 Å². The summed E-state index contributed by atoms with van der Waals surface area (Å²) in [5.74, 6) is 0. The summed E-state index contributed by atoms with van der Waals surface area (Å²) in [4.78, 5) is 10.5. The summed E-state index contributed by atoms with van der Waals surface area (Å²) in [6.45, 7) is 1.71. The van der Waals surface area contributed by atoms with Gasteiger partial charge in [-0.15, -0.1) is 0 Å². The lowest BCUT2D eigenvalue weighted by molar-refractivity contribution is -0.385. The van der Waals surface area contributed by atoms with Crippen LogP contribution >= 0.6 is 11.6 Å². The predicted octanol–water partition coefficient (Wildman–Crippen LogP) is 4.08. The highest BCUT2D eigenvalue weighted by molar-refractivity contribution is 6.30. The maximum Gasteiger partial charge on any atom is 0.278 e. The summed E-state index contributed by atoms with van der Waals surface area (Å²) in [7, 11) is 0. The third kappa shape index (κ3) is 3.33. The Labute approximate surface area is 121 Å². The van der Waals surface area contributed by atoms with Crippen molar-refractivity contribution in [1.29, 1.82) is 0 Å². The fraction of sp³-hybridized carbons (Fsp3) is 0.0714. The van der Waals surface area contributed by atoms with Gasteiger partial charge in [-0.3, -0.25) is 15.5 Å². The van der Waals surface area contributed by atoms with Crippen molar-refractivity contribution in [2.75, 3.05) is 5.43 Å². The average molecular weight is 290 g/mol. The maximum absolute atomic E-state index is 11.0. The molecule has 0 bridgehead atoms. The highest BCUT2D eigenvalue weighted by Crippen LogP contribution is 2.19. The van der Waals surface area contributed by atoms with E-state index in [-0.39, 0.29) is 5.69 Å². The Hall–Kier alpha value is -2.40. The summed E-state index contributed by atoms with van der Waals surface area (Å²) in [5, 5.41) is 15.7. The minimum atomic E-state index is -0.420. The normalized spacial score (nSPS) is 11.2. The number of anilines is 1. The van der Waals surface area contributed by atoms with Crippen LogP contribution in [0.5, 0.6) is 0 Å². The van der Waals surface area contributed by atoms with Crippen LogP contribution in [-0.2, 0) is 0 Å². The van der Waals surface area contributed by atoms with Crippen molar-refractivity contribution in [3.63, 3.8) is 0 Å². The average Bonchev–Trinajstić information content (AvgIpc) is 2.46. The van der Waals surface area contributed by atoms with Crippen LogP contribution in [-0.4, -0.2) is 10.6 Å². The van der Waals surface area contributed by atoms with Gasteiger partial charge in [0.15, 0.2) is 0 Å². The molecule has 2 rings (SSSR count). The van der Waals surface area contributed by atoms with Crippen LogP contribution in [0.25, 0.3) is 0 Å². The van der Waals surface area contributed by atoms with E-state index in [1.165, 1.54) is 6.07 Å². The van der Waals surface area contributed by atoms with E-state index in [1.54, 1.807) is 49.4 Å². The number of rotatable bonds is 4. The number of benzene rings is 2. The smallest absolute Gasteiger partial charge is 0.278 e. The number of nitrogens with zero attached hydrogens (tertiary/aromatic N) is 2. The van der Waals surface area contributed by atoms with Crippen LogP contribution in [0.2, 0.25) is 5.02 Å². The Morgan fingerprint density at radius 3 is 2.50 bits per heavy atom. The molecule has 20 heavy (non-hydrogen) atoms. The lowest BCUT2D eigenvalue weighted by atomic mass is 10.1. The lowest BCUT2D eigenvalue weighted by Crippen LogP contribution is -2.03. The summed E-state index contributed by atoms with van der Waals surface area (Å²) in [5.41, 5.74) is 4.65. The largest absolute Gasteiger partial charge is 0.278 e. The van der Waals surface area contributed by atoms with E-state index in [0.717, 1.165) is 5.69 Å². The fourth-order valence-electron chi connectivity index (χ4n) is 1.67.